The van der Waals surface area contributed by atoms with Crippen LogP contribution in [0.25, 0.3) is 0 Å². The predicted octanol–water partition coefficient (Wildman–Crippen LogP) is 1.93. The first-order valence-corrected chi connectivity index (χ1v) is 11.3. The van der Waals surface area contributed by atoms with Crippen LogP contribution in [-0.2, 0) is 0 Å². The summed E-state index contributed by atoms with van der Waals surface area (Å²) in [7, 11) is 0. The molecule has 2 saturated heterocycles. The Labute approximate surface area is 195 Å². The second-order valence-electron chi connectivity index (χ2n) is 7.94. The third-order valence-electron chi connectivity index (χ3n) is 5.75. The summed E-state index contributed by atoms with van der Waals surface area (Å²) in [6.45, 7) is 6.06. The van der Waals surface area contributed by atoms with Crippen LogP contribution >= 0.6 is 23.2 Å². The normalized spacial score (nSPS) is 17.5. The van der Waals surface area contributed by atoms with Crippen molar-refractivity contribution in [3.63, 3.8) is 0 Å². The van der Waals surface area contributed by atoms with Crippen LogP contribution in [0.3, 0.4) is 0 Å². The van der Waals surface area contributed by atoms with Crippen molar-refractivity contribution >= 4 is 46.8 Å². The molecule has 4 heterocycles. The molecular formula is C20H25Cl2N7O3. The van der Waals surface area contributed by atoms with Crippen molar-refractivity contribution in [3.8, 4) is 0 Å². The number of anilines is 2. The van der Waals surface area contributed by atoms with Gasteiger partial charge in [0, 0.05) is 57.1 Å². The highest BCUT2D eigenvalue weighted by Gasteiger charge is 2.26. The molecule has 172 valence electrons. The second kappa shape index (κ2) is 9.51. The molecule has 0 aliphatic carbocycles. The molecule has 2 aliphatic heterocycles. The molecule has 0 saturated carbocycles. The van der Waals surface area contributed by atoms with Gasteiger partial charge in [-0.15, -0.1) is 0 Å². The fraction of sp³-hybridized carbons (Fsp3) is 0.500. The number of hydrogen-bond acceptors (Lipinski definition) is 7. The SMILES string of the molecule is Cc1[nH]c(C(=O)NC2CCN(c3cc(C(=O)O)nc(N4CCNCC4)n3)CC2)c(Cl)c1Cl. The third-order valence-corrected chi connectivity index (χ3v) is 6.70. The third kappa shape index (κ3) is 4.77. The van der Waals surface area contributed by atoms with E-state index in [0.717, 1.165) is 26.2 Å². The fourth-order valence-electron chi connectivity index (χ4n) is 3.94. The van der Waals surface area contributed by atoms with Crippen LogP contribution in [0.2, 0.25) is 10.0 Å². The lowest BCUT2D eigenvalue weighted by atomic mass is 10.0. The summed E-state index contributed by atoms with van der Waals surface area (Å²) in [5.74, 6) is -0.348. The molecule has 12 heteroatoms. The fourth-order valence-corrected chi connectivity index (χ4v) is 4.35. The molecular weight excluding hydrogens is 457 g/mol. The van der Waals surface area contributed by atoms with Gasteiger partial charge in [-0.05, 0) is 19.8 Å². The maximum absolute atomic E-state index is 12.6. The van der Waals surface area contributed by atoms with Crippen molar-refractivity contribution in [1.29, 1.82) is 0 Å². The standard InChI is InChI=1S/C20H25Cl2N7O3/c1-11-15(21)16(22)17(24-11)18(30)25-12-2-6-28(7-3-12)14-10-13(19(31)32)26-20(27-14)29-8-4-23-5-9-29/h10,12,23-24H,2-9H2,1H3,(H,25,30)(H,31,32). The quantitative estimate of drug-likeness (QED) is 0.510. The molecule has 4 rings (SSSR count). The van der Waals surface area contributed by atoms with Crippen molar-refractivity contribution in [2.75, 3.05) is 49.1 Å². The predicted molar refractivity (Wildman–Crippen MR) is 122 cm³/mol. The molecule has 1 amide bonds. The van der Waals surface area contributed by atoms with Crippen molar-refractivity contribution in [3.05, 3.63) is 33.2 Å². The van der Waals surface area contributed by atoms with Crippen molar-refractivity contribution in [2.45, 2.75) is 25.8 Å². The number of halogens is 2. The van der Waals surface area contributed by atoms with Gasteiger partial charge in [-0.2, -0.15) is 4.98 Å². The van der Waals surface area contributed by atoms with Crippen molar-refractivity contribution in [2.24, 2.45) is 0 Å². The highest BCUT2D eigenvalue weighted by molar-refractivity contribution is 6.44. The maximum Gasteiger partial charge on any atom is 0.354 e. The Hall–Kier alpha value is -2.56. The lowest BCUT2D eigenvalue weighted by Gasteiger charge is -2.34. The number of carboxylic acid groups (broad SMARTS) is 1. The number of amides is 1. The van der Waals surface area contributed by atoms with E-state index < -0.39 is 5.97 Å². The minimum Gasteiger partial charge on any atom is -0.477 e. The Morgan fingerprint density at radius 1 is 1.09 bits per heavy atom. The molecule has 0 radical (unpaired) electrons. The number of H-pyrrole nitrogens is 1. The van der Waals surface area contributed by atoms with Crippen molar-refractivity contribution < 1.29 is 14.7 Å². The maximum atomic E-state index is 12.6. The minimum absolute atomic E-state index is 0.0207. The zero-order valence-electron chi connectivity index (χ0n) is 17.6. The minimum atomic E-state index is -1.08. The zero-order chi connectivity index (χ0) is 22.8. The summed E-state index contributed by atoms with van der Waals surface area (Å²) in [6.07, 6.45) is 1.37. The largest absolute Gasteiger partial charge is 0.477 e. The van der Waals surface area contributed by atoms with Crippen LogP contribution in [0.1, 0.15) is 39.5 Å². The van der Waals surface area contributed by atoms with Gasteiger partial charge in [-0.25, -0.2) is 9.78 Å². The summed E-state index contributed by atoms with van der Waals surface area (Å²) in [5.41, 5.74) is 0.890. The number of aryl methyl sites for hydroxylation is 1. The average Bonchev–Trinajstić information content (AvgIpc) is 3.07. The van der Waals surface area contributed by atoms with E-state index in [1.165, 1.54) is 6.07 Å². The van der Waals surface area contributed by atoms with E-state index in [1.54, 1.807) is 6.92 Å². The summed E-state index contributed by atoms with van der Waals surface area (Å²) in [6, 6.07) is 1.47. The van der Waals surface area contributed by atoms with Crippen molar-refractivity contribution in [1.82, 2.24) is 25.6 Å². The molecule has 2 aliphatic rings. The number of rotatable bonds is 5. The number of hydrogen-bond donors (Lipinski definition) is 4. The Bertz CT molecular complexity index is 1010. The zero-order valence-corrected chi connectivity index (χ0v) is 19.1. The summed E-state index contributed by atoms with van der Waals surface area (Å²) >= 11 is 12.2. The van der Waals surface area contributed by atoms with Crippen LogP contribution < -0.4 is 20.4 Å². The van der Waals surface area contributed by atoms with Gasteiger partial charge in [0.15, 0.2) is 5.69 Å². The van der Waals surface area contributed by atoms with Gasteiger partial charge in [-0.3, -0.25) is 4.79 Å². The highest BCUT2D eigenvalue weighted by Crippen LogP contribution is 2.29. The first kappa shape index (κ1) is 22.6. The molecule has 0 spiro atoms. The molecule has 2 aromatic heterocycles. The molecule has 10 nitrogen and oxygen atoms in total. The van der Waals surface area contributed by atoms with Crippen LogP contribution in [0, 0.1) is 6.92 Å². The van der Waals surface area contributed by atoms with Gasteiger partial charge >= 0.3 is 5.97 Å². The van der Waals surface area contributed by atoms with Crippen LogP contribution in [0.15, 0.2) is 6.07 Å². The van der Waals surface area contributed by atoms with E-state index in [9.17, 15) is 14.7 Å². The van der Waals surface area contributed by atoms with E-state index >= 15 is 0 Å². The molecule has 2 aromatic rings. The van der Waals surface area contributed by atoms with Gasteiger partial charge in [0.2, 0.25) is 5.95 Å². The van der Waals surface area contributed by atoms with E-state index in [1.807, 2.05) is 9.80 Å². The number of carboxylic acids is 1. The van der Waals surface area contributed by atoms with E-state index in [-0.39, 0.29) is 28.4 Å². The number of piperazine rings is 1. The Balaban J connectivity index is 1.43. The molecule has 0 atom stereocenters. The van der Waals surface area contributed by atoms with E-state index in [4.69, 9.17) is 23.2 Å². The molecule has 2 fully saturated rings. The molecule has 4 N–H and O–H groups in total. The van der Waals surface area contributed by atoms with Gasteiger partial charge in [0.1, 0.15) is 11.5 Å². The van der Waals surface area contributed by atoms with Crippen LogP contribution in [0.5, 0.6) is 0 Å². The Kier molecular flexibility index (Phi) is 6.73. The average molecular weight is 482 g/mol. The van der Waals surface area contributed by atoms with Gasteiger partial charge < -0.3 is 30.5 Å². The number of nitrogens with one attached hydrogen (secondary N) is 3. The first-order valence-electron chi connectivity index (χ1n) is 10.5. The molecule has 32 heavy (non-hydrogen) atoms. The van der Waals surface area contributed by atoms with Crippen LogP contribution in [-0.4, -0.2) is 77.2 Å². The highest BCUT2D eigenvalue weighted by atomic mass is 35.5. The number of aromatic nitrogens is 3. The van der Waals surface area contributed by atoms with Gasteiger partial charge in [0.25, 0.3) is 5.91 Å². The van der Waals surface area contributed by atoms with Gasteiger partial charge in [0.05, 0.1) is 10.0 Å². The number of aromatic carboxylic acids is 1. The lowest BCUT2D eigenvalue weighted by molar-refractivity contribution is 0.0690. The number of piperidine rings is 1. The molecule has 0 unspecified atom stereocenters. The number of aromatic amines is 1. The summed E-state index contributed by atoms with van der Waals surface area (Å²) in [4.78, 5) is 40.0. The summed E-state index contributed by atoms with van der Waals surface area (Å²) in [5, 5.41) is 16.4. The smallest absolute Gasteiger partial charge is 0.354 e. The number of carbonyl (C=O) groups is 2. The number of carbonyl (C=O) groups excluding carboxylic acids is 1. The Morgan fingerprint density at radius 2 is 1.78 bits per heavy atom. The first-order chi connectivity index (χ1) is 15.3. The van der Waals surface area contributed by atoms with Crippen LogP contribution in [0.4, 0.5) is 11.8 Å². The number of nitrogens with zero attached hydrogens (tertiary/aromatic N) is 4. The monoisotopic (exact) mass is 481 g/mol. The second-order valence-corrected chi connectivity index (χ2v) is 8.70. The van der Waals surface area contributed by atoms with E-state index in [2.05, 4.69) is 25.6 Å². The summed E-state index contributed by atoms with van der Waals surface area (Å²) < 4.78 is 0. The Morgan fingerprint density at radius 3 is 2.38 bits per heavy atom. The lowest BCUT2D eigenvalue weighted by Crippen LogP contribution is -2.46. The molecule has 0 aromatic carbocycles. The molecule has 0 bridgehead atoms. The van der Waals surface area contributed by atoms with Gasteiger partial charge in [-0.1, -0.05) is 23.2 Å². The van der Waals surface area contributed by atoms with E-state index in [0.29, 0.717) is 48.4 Å². The topological polar surface area (TPSA) is 126 Å².